The number of rotatable bonds is 1. The van der Waals surface area contributed by atoms with E-state index < -0.39 is 11.6 Å². The van der Waals surface area contributed by atoms with E-state index >= 15 is 0 Å². The first kappa shape index (κ1) is 14.8. The zero-order valence-electron chi connectivity index (χ0n) is 13.4. The minimum absolute atomic E-state index is 0.0474. The number of aromatic hydroxyl groups is 1. The minimum Gasteiger partial charge on any atom is -0.508 e. The van der Waals surface area contributed by atoms with Gasteiger partial charge in [0.05, 0.1) is 5.56 Å². The van der Waals surface area contributed by atoms with E-state index in [0.29, 0.717) is 33.9 Å². The number of ether oxygens (including phenoxy) is 2. The first-order chi connectivity index (χ1) is 12.6. The molecule has 0 bridgehead atoms. The molecular weight excluding hydrogens is 334 g/mol. The fraction of sp³-hybridized carbons (Fsp3) is 0.0500. The maximum atomic E-state index is 12.6. The zero-order valence-corrected chi connectivity index (χ0v) is 13.4. The molecule has 1 atom stereocenters. The van der Waals surface area contributed by atoms with Crippen molar-refractivity contribution in [1.29, 1.82) is 0 Å². The number of esters is 1. The SMILES string of the molecule is NOc1ccc2c(c1)Oc1cc(O)ccc1C21OC(=O)c2ccccc21. The highest BCUT2D eigenvalue weighted by Gasteiger charge is 2.53. The van der Waals surface area contributed by atoms with Crippen molar-refractivity contribution in [2.75, 3.05) is 0 Å². The van der Waals surface area contributed by atoms with Crippen molar-refractivity contribution in [2.24, 2.45) is 5.90 Å². The standard InChI is InChI=1S/C20H13NO5/c21-26-12-6-8-16-18(10-12)24-17-9-11(22)5-7-15(17)20(16)14-4-2-1-3-13(14)19(23)25-20/h1-10,22H,21H2. The van der Waals surface area contributed by atoms with Gasteiger partial charge < -0.3 is 19.4 Å². The average Bonchev–Trinajstić information content (AvgIpc) is 2.95. The van der Waals surface area contributed by atoms with Gasteiger partial charge in [-0.1, -0.05) is 18.2 Å². The first-order valence-electron chi connectivity index (χ1n) is 7.99. The van der Waals surface area contributed by atoms with Crippen molar-refractivity contribution < 1.29 is 24.2 Å². The molecule has 3 aromatic rings. The molecule has 26 heavy (non-hydrogen) atoms. The summed E-state index contributed by atoms with van der Waals surface area (Å²) in [4.78, 5) is 17.4. The van der Waals surface area contributed by atoms with E-state index in [-0.39, 0.29) is 5.75 Å². The molecule has 0 fully saturated rings. The summed E-state index contributed by atoms with van der Waals surface area (Å²) in [5.74, 6) is 6.14. The van der Waals surface area contributed by atoms with Gasteiger partial charge in [-0.15, -0.1) is 0 Å². The van der Waals surface area contributed by atoms with Crippen LogP contribution in [0.5, 0.6) is 23.0 Å². The first-order valence-corrected chi connectivity index (χ1v) is 7.99. The molecule has 2 heterocycles. The topological polar surface area (TPSA) is 91.0 Å². The van der Waals surface area contributed by atoms with E-state index in [1.54, 1.807) is 42.5 Å². The number of hydrogen-bond donors (Lipinski definition) is 2. The summed E-state index contributed by atoms with van der Waals surface area (Å²) < 4.78 is 11.9. The van der Waals surface area contributed by atoms with Gasteiger partial charge in [-0.05, 0) is 30.3 Å². The lowest BCUT2D eigenvalue weighted by atomic mass is 9.77. The molecule has 128 valence electrons. The Morgan fingerprint density at radius 3 is 2.46 bits per heavy atom. The van der Waals surface area contributed by atoms with Gasteiger partial charge in [0.25, 0.3) is 0 Å². The molecule has 0 aliphatic carbocycles. The number of phenolic OH excluding ortho intramolecular Hbond substituents is 1. The number of hydrogen-bond acceptors (Lipinski definition) is 6. The van der Waals surface area contributed by atoms with Crippen LogP contribution in [0.15, 0.2) is 60.7 Å². The molecule has 1 spiro atoms. The molecule has 6 nitrogen and oxygen atoms in total. The Bertz CT molecular complexity index is 1080. The second-order valence-corrected chi connectivity index (χ2v) is 6.17. The summed E-state index contributed by atoms with van der Waals surface area (Å²) in [6.07, 6.45) is 0. The fourth-order valence-corrected chi connectivity index (χ4v) is 3.72. The van der Waals surface area contributed by atoms with Crippen LogP contribution in [0.25, 0.3) is 0 Å². The van der Waals surface area contributed by atoms with E-state index in [1.807, 2.05) is 12.1 Å². The van der Waals surface area contributed by atoms with Crippen molar-refractivity contribution >= 4 is 5.97 Å². The van der Waals surface area contributed by atoms with Gasteiger partial charge >= 0.3 is 5.97 Å². The van der Waals surface area contributed by atoms with Gasteiger partial charge in [0.1, 0.15) is 17.2 Å². The third-order valence-electron chi connectivity index (χ3n) is 4.80. The number of carbonyl (C=O) groups is 1. The van der Waals surface area contributed by atoms with E-state index in [0.717, 1.165) is 5.56 Å². The van der Waals surface area contributed by atoms with Crippen LogP contribution in [-0.4, -0.2) is 11.1 Å². The van der Waals surface area contributed by atoms with Crippen LogP contribution in [0.2, 0.25) is 0 Å². The number of benzene rings is 3. The molecule has 0 radical (unpaired) electrons. The van der Waals surface area contributed by atoms with Gasteiger partial charge in [-0.25, -0.2) is 4.79 Å². The third kappa shape index (κ3) is 1.76. The van der Waals surface area contributed by atoms with Gasteiger partial charge in [-0.3, -0.25) is 0 Å². The van der Waals surface area contributed by atoms with Crippen LogP contribution in [0.1, 0.15) is 27.0 Å². The third-order valence-corrected chi connectivity index (χ3v) is 4.80. The average molecular weight is 347 g/mol. The molecule has 0 amide bonds. The van der Waals surface area contributed by atoms with E-state index in [9.17, 15) is 9.90 Å². The number of fused-ring (bicyclic) bond motifs is 6. The highest BCUT2D eigenvalue weighted by atomic mass is 16.6. The lowest BCUT2D eigenvalue weighted by Crippen LogP contribution is -2.33. The molecule has 3 aromatic carbocycles. The summed E-state index contributed by atoms with van der Waals surface area (Å²) >= 11 is 0. The molecule has 2 aliphatic rings. The highest BCUT2D eigenvalue weighted by Crippen LogP contribution is 2.56. The summed E-state index contributed by atoms with van der Waals surface area (Å²) in [5.41, 5.74) is 1.37. The van der Waals surface area contributed by atoms with Crippen LogP contribution >= 0.6 is 0 Å². The minimum atomic E-state index is -1.16. The Morgan fingerprint density at radius 1 is 0.923 bits per heavy atom. The Morgan fingerprint density at radius 2 is 1.65 bits per heavy atom. The van der Waals surface area contributed by atoms with Crippen LogP contribution in [0, 0.1) is 0 Å². The van der Waals surface area contributed by atoms with Gasteiger partial charge in [0, 0.05) is 28.8 Å². The molecule has 5 rings (SSSR count). The highest BCUT2D eigenvalue weighted by molar-refractivity contribution is 5.97. The number of phenols is 1. The van der Waals surface area contributed by atoms with Crippen LogP contribution in [0.3, 0.4) is 0 Å². The molecule has 0 aromatic heterocycles. The fourth-order valence-electron chi connectivity index (χ4n) is 3.72. The second-order valence-electron chi connectivity index (χ2n) is 6.17. The van der Waals surface area contributed by atoms with Crippen molar-refractivity contribution in [3.05, 3.63) is 82.9 Å². The summed E-state index contributed by atoms with van der Waals surface area (Å²) in [5, 5.41) is 9.88. The summed E-state index contributed by atoms with van der Waals surface area (Å²) in [6, 6.07) is 17.1. The molecule has 1 unspecified atom stereocenters. The molecule has 3 N–H and O–H groups in total. The maximum Gasteiger partial charge on any atom is 0.340 e. The Labute approximate surface area is 148 Å². The monoisotopic (exact) mass is 347 g/mol. The van der Waals surface area contributed by atoms with Gasteiger partial charge in [-0.2, -0.15) is 5.90 Å². The van der Waals surface area contributed by atoms with Crippen molar-refractivity contribution in [2.45, 2.75) is 5.60 Å². The molecular formula is C20H13NO5. The van der Waals surface area contributed by atoms with Crippen LogP contribution in [-0.2, 0) is 10.3 Å². The van der Waals surface area contributed by atoms with E-state index in [2.05, 4.69) is 0 Å². The molecule has 6 heteroatoms. The maximum absolute atomic E-state index is 12.6. The largest absolute Gasteiger partial charge is 0.508 e. The van der Waals surface area contributed by atoms with E-state index in [4.69, 9.17) is 20.2 Å². The second kappa shape index (κ2) is 5.00. The number of nitrogens with two attached hydrogens (primary N) is 1. The molecule has 0 saturated carbocycles. The number of carbonyl (C=O) groups excluding carboxylic acids is 1. The Hall–Kier alpha value is -3.51. The molecule has 0 saturated heterocycles. The predicted molar refractivity (Wildman–Crippen MR) is 91.2 cm³/mol. The zero-order chi connectivity index (χ0) is 17.9. The quantitative estimate of drug-likeness (QED) is 0.519. The summed E-state index contributed by atoms with van der Waals surface area (Å²) in [7, 11) is 0. The Kier molecular flexibility index (Phi) is 2.84. The van der Waals surface area contributed by atoms with Crippen molar-refractivity contribution in [3.63, 3.8) is 0 Å². The Balaban J connectivity index is 1.88. The van der Waals surface area contributed by atoms with E-state index in [1.165, 1.54) is 6.07 Å². The normalized spacial score (nSPS) is 19.2. The van der Waals surface area contributed by atoms with Crippen LogP contribution in [0.4, 0.5) is 0 Å². The molecule has 2 aliphatic heterocycles. The van der Waals surface area contributed by atoms with Crippen molar-refractivity contribution in [3.8, 4) is 23.0 Å². The smallest absolute Gasteiger partial charge is 0.340 e. The lowest BCUT2D eigenvalue weighted by molar-refractivity contribution is 0.0224. The van der Waals surface area contributed by atoms with Crippen molar-refractivity contribution in [1.82, 2.24) is 0 Å². The lowest BCUT2D eigenvalue weighted by Gasteiger charge is -2.36. The van der Waals surface area contributed by atoms with Crippen LogP contribution < -0.4 is 15.5 Å². The summed E-state index contributed by atoms with van der Waals surface area (Å²) in [6.45, 7) is 0. The van der Waals surface area contributed by atoms with Gasteiger partial charge in [0.2, 0.25) is 0 Å². The predicted octanol–water partition coefficient (Wildman–Crippen LogP) is 3.21. The van der Waals surface area contributed by atoms with Gasteiger partial charge in [0.15, 0.2) is 11.4 Å².